The molecule has 1 saturated heterocycles. The molecule has 0 aromatic carbocycles. The molecule has 0 radical (unpaired) electrons. The van der Waals surface area contributed by atoms with Gasteiger partial charge < -0.3 is 9.63 Å². The molecule has 0 aliphatic carbocycles. The summed E-state index contributed by atoms with van der Waals surface area (Å²) in [4.78, 5) is 13.3. The van der Waals surface area contributed by atoms with Crippen molar-refractivity contribution in [2.75, 3.05) is 6.54 Å². The Balaban J connectivity index is 2.02. The molecule has 2 unspecified atom stereocenters. The van der Waals surface area contributed by atoms with Crippen molar-refractivity contribution in [2.45, 2.75) is 46.2 Å². The lowest BCUT2D eigenvalue weighted by Gasteiger charge is -2.36. The summed E-state index contributed by atoms with van der Waals surface area (Å²) in [7, 11) is 0. The van der Waals surface area contributed by atoms with Crippen molar-refractivity contribution in [1.29, 1.82) is 0 Å². The van der Waals surface area contributed by atoms with Gasteiger partial charge in [0.05, 0.1) is 11.6 Å². The average Bonchev–Trinajstić information content (AvgIpc) is 2.63. The SMILES string of the molecule is Cc1noc(C)c1CN1CCC(C(=O)O)CC1C. The Bertz CT molecular complexity index is 422. The summed E-state index contributed by atoms with van der Waals surface area (Å²) < 4.78 is 5.16. The van der Waals surface area contributed by atoms with Crippen LogP contribution in [-0.2, 0) is 11.3 Å². The standard InChI is InChI=1S/C13H20N2O3/c1-8-6-11(13(16)17)4-5-15(8)7-12-9(2)14-18-10(12)3/h8,11H,4-7H2,1-3H3,(H,16,17). The fourth-order valence-electron chi connectivity index (χ4n) is 2.61. The summed E-state index contributed by atoms with van der Waals surface area (Å²) in [6.07, 6.45) is 1.45. The van der Waals surface area contributed by atoms with Crippen LogP contribution in [0.3, 0.4) is 0 Å². The van der Waals surface area contributed by atoms with E-state index in [1.54, 1.807) is 0 Å². The van der Waals surface area contributed by atoms with Gasteiger partial charge in [0.1, 0.15) is 5.76 Å². The Kier molecular flexibility index (Phi) is 3.71. The molecule has 2 atom stereocenters. The van der Waals surface area contributed by atoms with Crippen LogP contribution in [0.2, 0.25) is 0 Å². The Morgan fingerprint density at radius 3 is 2.78 bits per heavy atom. The molecule has 100 valence electrons. The third-order valence-electron chi connectivity index (χ3n) is 3.91. The van der Waals surface area contributed by atoms with Crippen LogP contribution in [0.25, 0.3) is 0 Å². The molecule has 1 aliphatic heterocycles. The molecule has 1 N–H and O–H groups in total. The monoisotopic (exact) mass is 252 g/mol. The lowest BCUT2D eigenvalue weighted by Crippen LogP contribution is -2.42. The zero-order chi connectivity index (χ0) is 13.3. The number of carboxylic acids is 1. The molecule has 1 aromatic heterocycles. The number of aromatic nitrogens is 1. The van der Waals surface area contributed by atoms with E-state index in [0.29, 0.717) is 0 Å². The van der Waals surface area contributed by atoms with Crippen LogP contribution in [0.5, 0.6) is 0 Å². The second kappa shape index (κ2) is 5.10. The molecule has 2 rings (SSSR count). The summed E-state index contributed by atoms with van der Waals surface area (Å²) >= 11 is 0. The first-order valence-corrected chi connectivity index (χ1v) is 6.37. The van der Waals surface area contributed by atoms with Crippen LogP contribution in [0, 0.1) is 19.8 Å². The van der Waals surface area contributed by atoms with Gasteiger partial charge in [0.15, 0.2) is 0 Å². The third kappa shape index (κ3) is 2.56. The van der Waals surface area contributed by atoms with E-state index in [0.717, 1.165) is 42.9 Å². The van der Waals surface area contributed by atoms with Crippen LogP contribution in [0.4, 0.5) is 0 Å². The van der Waals surface area contributed by atoms with Gasteiger partial charge in [0.25, 0.3) is 0 Å². The topological polar surface area (TPSA) is 66.6 Å². The van der Waals surface area contributed by atoms with E-state index in [-0.39, 0.29) is 12.0 Å². The molecule has 1 aliphatic rings. The molecule has 5 heteroatoms. The van der Waals surface area contributed by atoms with E-state index in [9.17, 15) is 4.79 Å². The van der Waals surface area contributed by atoms with Gasteiger partial charge in [-0.3, -0.25) is 9.69 Å². The number of carboxylic acid groups (broad SMARTS) is 1. The zero-order valence-corrected chi connectivity index (χ0v) is 11.1. The maximum absolute atomic E-state index is 11.0. The second-order valence-corrected chi connectivity index (χ2v) is 5.18. The second-order valence-electron chi connectivity index (χ2n) is 5.18. The van der Waals surface area contributed by atoms with Crippen molar-refractivity contribution in [3.05, 3.63) is 17.0 Å². The minimum Gasteiger partial charge on any atom is -0.481 e. The van der Waals surface area contributed by atoms with Crippen molar-refractivity contribution in [2.24, 2.45) is 5.92 Å². The molecule has 2 heterocycles. The maximum atomic E-state index is 11.0. The summed E-state index contributed by atoms with van der Waals surface area (Å²) in [6.45, 7) is 7.58. The predicted octanol–water partition coefficient (Wildman–Crippen LogP) is 1.98. The Hall–Kier alpha value is -1.36. The molecular formula is C13H20N2O3. The van der Waals surface area contributed by atoms with Gasteiger partial charge in [-0.05, 0) is 40.2 Å². The van der Waals surface area contributed by atoms with Crippen molar-refractivity contribution in [1.82, 2.24) is 10.1 Å². The Morgan fingerprint density at radius 2 is 2.28 bits per heavy atom. The van der Waals surface area contributed by atoms with E-state index in [1.165, 1.54) is 0 Å². The average molecular weight is 252 g/mol. The third-order valence-corrected chi connectivity index (χ3v) is 3.91. The highest BCUT2D eigenvalue weighted by Gasteiger charge is 2.30. The van der Waals surface area contributed by atoms with E-state index < -0.39 is 5.97 Å². The molecule has 0 spiro atoms. The first-order valence-electron chi connectivity index (χ1n) is 6.37. The van der Waals surface area contributed by atoms with E-state index >= 15 is 0 Å². The van der Waals surface area contributed by atoms with Gasteiger partial charge in [-0.2, -0.15) is 0 Å². The van der Waals surface area contributed by atoms with Gasteiger partial charge in [-0.1, -0.05) is 5.16 Å². The molecule has 1 aromatic rings. The normalized spacial score (nSPS) is 25.3. The van der Waals surface area contributed by atoms with Crippen LogP contribution in [-0.4, -0.2) is 33.7 Å². The number of hydrogen-bond donors (Lipinski definition) is 1. The highest BCUT2D eigenvalue weighted by molar-refractivity contribution is 5.70. The van der Waals surface area contributed by atoms with Gasteiger partial charge >= 0.3 is 5.97 Å². The first-order chi connectivity index (χ1) is 8.49. The molecule has 18 heavy (non-hydrogen) atoms. The molecule has 0 saturated carbocycles. The highest BCUT2D eigenvalue weighted by Crippen LogP contribution is 2.26. The Morgan fingerprint density at radius 1 is 1.56 bits per heavy atom. The Labute approximate surface area is 107 Å². The number of likely N-dealkylation sites (tertiary alicyclic amines) is 1. The van der Waals surface area contributed by atoms with Crippen molar-refractivity contribution < 1.29 is 14.4 Å². The van der Waals surface area contributed by atoms with Gasteiger partial charge in [-0.15, -0.1) is 0 Å². The minimum absolute atomic E-state index is 0.194. The van der Waals surface area contributed by atoms with Crippen LogP contribution in [0.15, 0.2) is 4.52 Å². The largest absolute Gasteiger partial charge is 0.481 e. The fraction of sp³-hybridized carbons (Fsp3) is 0.692. The number of carbonyl (C=O) groups is 1. The van der Waals surface area contributed by atoms with Crippen LogP contribution >= 0.6 is 0 Å². The van der Waals surface area contributed by atoms with E-state index in [4.69, 9.17) is 9.63 Å². The fourth-order valence-corrected chi connectivity index (χ4v) is 2.61. The smallest absolute Gasteiger partial charge is 0.306 e. The molecule has 0 amide bonds. The zero-order valence-electron chi connectivity index (χ0n) is 11.1. The van der Waals surface area contributed by atoms with Gasteiger partial charge in [-0.25, -0.2) is 0 Å². The highest BCUT2D eigenvalue weighted by atomic mass is 16.5. The predicted molar refractivity (Wildman–Crippen MR) is 66.2 cm³/mol. The number of aryl methyl sites for hydroxylation is 2. The van der Waals surface area contributed by atoms with Crippen molar-refractivity contribution in [3.8, 4) is 0 Å². The summed E-state index contributed by atoms with van der Waals surface area (Å²) in [6, 6.07) is 0.286. The number of nitrogens with zero attached hydrogens (tertiary/aromatic N) is 2. The lowest BCUT2D eigenvalue weighted by atomic mass is 9.91. The molecule has 0 bridgehead atoms. The molecule has 1 fully saturated rings. The first kappa shape index (κ1) is 13.1. The van der Waals surface area contributed by atoms with Gasteiger partial charge in [0, 0.05) is 18.2 Å². The number of aliphatic carboxylic acids is 1. The van der Waals surface area contributed by atoms with E-state index in [1.807, 2.05) is 13.8 Å². The number of hydrogen-bond acceptors (Lipinski definition) is 4. The summed E-state index contributed by atoms with van der Waals surface area (Å²) in [5.41, 5.74) is 2.07. The van der Waals surface area contributed by atoms with Crippen molar-refractivity contribution >= 4 is 5.97 Å². The minimum atomic E-state index is -0.668. The lowest BCUT2D eigenvalue weighted by molar-refractivity contribution is -0.144. The maximum Gasteiger partial charge on any atom is 0.306 e. The number of piperidine rings is 1. The van der Waals surface area contributed by atoms with Crippen molar-refractivity contribution in [3.63, 3.8) is 0 Å². The van der Waals surface area contributed by atoms with Crippen LogP contribution < -0.4 is 0 Å². The number of rotatable bonds is 3. The van der Waals surface area contributed by atoms with Crippen LogP contribution in [0.1, 0.15) is 36.8 Å². The quantitative estimate of drug-likeness (QED) is 0.891. The summed E-state index contributed by atoms with van der Waals surface area (Å²) in [5.74, 6) is -0.000171. The summed E-state index contributed by atoms with van der Waals surface area (Å²) in [5, 5.41) is 13.0. The molecule has 5 nitrogen and oxygen atoms in total. The van der Waals surface area contributed by atoms with E-state index in [2.05, 4.69) is 17.0 Å². The van der Waals surface area contributed by atoms with Gasteiger partial charge in [0.2, 0.25) is 0 Å². The molecular weight excluding hydrogens is 232 g/mol.